The van der Waals surface area contributed by atoms with E-state index in [-0.39, 0.29) is 24.1 Å². The molecular formula is C10H19N3O3S. The fraction of sp³-hybridized carbons (Fsp3) is 0.700. The van der Waals surface area contributed by atoms with E-state index < -0.39 is 10.0 Å². The predicted octanol–water partition coefficient (Wildman–Crippen LogP) is 0.118. The van der Waals surface area contributed by atoms with Crippen molar-refractivity contribution in [2.45, 2.75) is 32.3 Å². The van der Waals surface area contributed by atoms with Crippen LogP contribution in [0.15, 0.2) is 11.2 Å². The topological polar surface area (TPSA) is 84.2 Å². The summed E-state index contributed by atoms with van der Waals surface area (Å²) in [4.78, 5) is 4.01. The highest BCUT2D eigenvalue weighted by atomic mass is 32.2. The second kappa shape index (κ2) is 5.61. The van der Waals surface area contributed by atoms with Crippen LogP contribution >= 0.6 is 0 Å². The Labute approximate surface area is 102 Å². The zero-order valence-corrected chi connectivity index (χ0v) is 11.2. The summed E-state index contributed by atoms with van der Waals surface area (Å²) in [5.41, 5.74) is 0. The predicted molar refractivity (Wildman–Crippen MR) is 64.1 cm³/mol. The maximum atomic E-state index is 11.9. The molecular weight excluding hydrogens is 242 g/mol. The molecule has 1 rings (SSSR count). The van der Waals surface area contributed by atoms with Crippen molar-refractivity contribution in [1.82, 2.24) is 14.3 Å². The van der Waals surface area contributed by atoms with Gasteiger partial charge < -0.3 is 9.67 Å². The van der Waals surface area contributed by atoms with E-state index in [1.54, 1.807) is 18.4 Å². The Balaban J connectivity index is 2.82. The normalized spacial score (nSPS) is 13.9. The monoisotopic (exact) mass is 261 g/mol. The van der Waals surface area contributed by atoms with Crippen LogP contribution in [-0.4, -0.2) is 36.2 Å². The largest absolute Gasteiger partial charge is 0.396 e. The minimum atomic E-state index is -3.57. The third-order valence-electron chi connectivity index (χ3n) is 2.50. The fourth-order valence-electron chi connectivity index (χ4n) is 1.32. The van der Waals surface area contributed by atoms with Crippen molar-refractivity contribution in [3.63, 3.8) is 0 Å². The number of nitrogens with zero attached hydrogens (tertiary/aromatic N) is 2. The molecule has 0 spiro atoms. The summed E-state index contributed by atoms with van der Waals surface area (Å²) in [5, 5.41) is 8.86. The number of imidazole rings is 1. The summed E-state index contributed by atoms with van der Waals surface area (Å²) in [7, 11) is -3.57. The molecule has 1 unspecified atom stereocenters. The van der Waals surface area contributed by atoms with Crippen LogP contribution < -0.4 is 4.72 Å². The molecule has 1 aromatic rings. The molecule has 17 heavy (non-hydrogen) atoms. The highest BCUT2D eigenvalue weighted by molar-refractivity contribution is 7.89. The number of aryl methyl sites for hydroxylation is 2. The molecule has 0 bridgehead atoms. The smallest absolute Gasteiger partial charge is 0.259 e. The summed E-state index contributed by atoms with van der Waals surface area (Å²) < 4.78 is 27.9. The van der Waals surface area contributed by atoms with Gasteiger partial charge in [0.05, 0.1) is 0 Å². The molecule has 7 heteroatoms. The molecule has 0 saturated heterocycles. The Hall–Kier alpha value is -0.920. The number of hydrogen-bond acceptors (Lipinski definition) is 4. The standard InChI is InChI=1S/C10H19N3O3S/c1-4-13-6-10(12-9(13)3)17(15,16)11-5-8(2)7-14/h6,8,11,14H,4-5,7H2,1-3H3. The van der Waals surface area contributed by atoms with Gasteiger partial charge in [-0.3, -0.25) is 0 Å². The lowest BCUT2D eigenvalue weighted by Gasteiger charge is -2.08. The maximum absolute atomic E-state index is 11.9. The van der Waals surface area contributed by atoms with Gasteiger partial charge in [-0.1, -0.05) is 6.92 Å². The number of aliphatic hydroxyl groups excluding tert-OH is 1. The second-order valence-electron chi connectivity index (χ2n) is 4.05. The van der Waals surface area contributed by atoms with Crippen molar-refractivity contribution in [3.8, 4) is 0 Å². The van der Waals surface area contributed by atoms with Crippen molar-refractivity contribution in [1.29, 1.82) is 0 Å². The van der Waals surface area contributed by atoms with Crippen LogP contribution in [0.2, 0.25) is 0 Å². The first-order valence-corrected chi connectivity index (χ1v) is 7.03. The van der Waals surface area contributed by atoms with E-state index in [0.717, 1.165) is 0 Å². The summed E-state index contributed by atoms with van der Waals surface area (Å²) in [6.45, 7) is 6.28. The van der Waals surface area contributed by atoms with E-state index in [1.165, 1.54) is 6.20 Å². The molecule has 2 N–H and O–H groups in total. The lowest BCUT2D eigenvalue weighted by molar-refractivity contribution is 0.238. The first-order chi connectivity index (χ1) is 7.90. The molecule has 0 fully saturated rings. The Kier molecular flexibility index (Phi) is 4.67. The summed E-state index contributed by atoms with van der Waals surface area (Å²) >= 11 is 0. The van der Waals surface area contributed by atoms with E-state index in [4.69, 9.17) is 5.11 Å². The van der Waals surface area contributed by atoms with E-state index in [1.807, 2.05) is 6.92 Å². The van der Waals surface area contributed by atoms with E-state index in [0.29, 0.717) is 12.4 Å². The number of aromatic nitrogens is 2. The molecule has 6 nitrogen and oxygen atoms in total. The molecule has 0 amide bonds. The maximum Gasteiger partial charge on any atom is 0.259 e. The number of nitrogens with one attached hydrogen (secondary N) is 1. The van der Waals surface area contributed by atoms with Crippen LogP contribution in [0.25, 0.3) is 0 Å². The molecule has 1 aromatic heterocycles. The molecule has 98 valence electrons. The molecule has 0 aliphatic carbocycles. The van der Waals surface area contributed by atoms with Crippen LogP contribution in [0.1, 0.15) is 19.7 Å². The Morgan fingerprint density at radius 2 is 2.24 bits per heavy atom. The molecule has 0 saturated carbocycles. The lowest BCUT2D eigenvalue weighted by Crippen LogP contribution is -2.29. The van der Waals surface area contributed by atoms with Crippen molar-refractivity contribution < 1.29 is 13.5 Å². The van der Waals surface area contributed by atoms with E-state index in [2.05, 4.69) is 9.71 Å². The first-order valence-electron chi connectivity index (χ1n) is 5.55. The molecule has 0 aromatic carbocycles. The Morgan fingerprint density at radius 1 is 1.59 bits per heavy atom. The van der Waals surface area contributed by atoms with Crippen LogP contribution in [0, 0.1) is 12.8 Å². The van der Waals surface area contributed by atoms with Gasteiger partial charge in [0.2, 0.25) is 0 Å². The van der Waals surface area contributed by atoms with E-state index >= 15 is 0 Å². The fourth-order valence-corrected chi connectivity index (χ4v) is 2.49. The van der Waals surface area contributed by atoms with Gasteiger partial charge in [0, 0.05) is 25.9 Å². The van der Waals surface area contributed by atoms with Crippen LogP contribution in [-0.2, 0) is 16.6 Å². The zero-order valence-electron chi connectivity index (χ0n) is 10.3. The molecule has 0 aliphatic rings. The van der Waals surface area contributed by atoms with Crippen molar-refractivity contribution >= 4 is 10.0 Å². The SMILES string of the molecule is CCn1cc(S(=O)(=O)NCC(C)CO)nc1C. The first kappa shape index (κ1) is 14.1. The highest BCUT2D eigenvalue weighted by Gasteiger charge is 2.19. The quantitative estimate of drug-likeness (QED) is 0.761. The number of aliphatic hydroxyl groups is 1. The minimum absolute atomic E-state index is 0.0296. The van der Waals surface area contributed by atoms with Gasteiger partial charge in [-0.2, -0.15) is 0 Å². The van der Waals surface area contributed by atoms with Gasteiger partial charge in [0.15, 0.2) is 5.03 Å². The molecule has 1 heterocycles. The number of sulfonamides is 1. The van der Waals surface area contributed by atoms with Gasteiger partial charge in [0.1, 0.15) is 5.82 Å². The van der Waals surface area contributed by atoms with Gasteiger partial charge in [-0.15, -0.1) is 0 Å². The van der Waals surface area contributed by atoms with Crippen molar-refractivity contribution in [3.05, 3.63) is 12.0 Å². The average Bonchev–Trinajstić information content (AvgIpc) is 2.68. The molecule has 1 atom stereocenters. The lowest BCUT2D eigenvalue weighted by atomic mass is 10.2. The summed E-state index contributed by atoms with van der Waals surface area (Å²) in [6.07, 6.45) is 1.52. The highest BCUT2D eigenvalue weighted by Crippen LogP contribution is 2.09. The number of hydrogen-bond donors (Lipinski definition) is 2. The Morgan fingerprint density at radius 3 is 2.71 bits per heavy atom. The van der Waals surface area contributed by atoms with Gasteiger partial charge >= 0.3 is 0 Å². The van der Waals surface area contributed by atoms with E-state index in [9.17, 15) is 8.42 Å². The molecule has 0 radical (unpaired) electrons. The zero-order chi connectivity index (χ0) is 13.1. The Bertz CT molecular complexity index is 467. The van der Waals surface area contributed by atoms with Crippen molar-refractivity contribution in [2.24, 2.45) is 5.92 Å². The van der Waals surface area contributed by atoms with Crippen molar-refractivity contribution in [2.75, 3.05) is 13.2 Å². The van der Waals surface area contributed by atoms with Crippen LogP contribution in [0.3, 0.4) is 0 Å². The van der Waals surface area contributed by atoms with Gasteiger partial charge in [-0.05, 0) is 19.8 Å². The third kappa shape index (κ3) is 3.52. The second-order valence-corrected chi connectivity index (χ2v) is 5.77. The van der Waals surface area contributed by atoms with Crippen LogP contribution in [0.5, 0.6) is 0 Å². The molecule has 0 aliphatic heterocycles. The third-order valence-corrected chi connectivity index (χ3v) is 3.80. The van der Waals surface area contributed by atoms with Gasteiger partial charge in [0.25, 0.3) is 10.0 Å². The van der Waals surface area contributed by atoms with Gasteiger partial charge in [-0.25, -0.2) is 18.1 Å². The number of rotatable bonds is 6. The summed E-state index contributed by atoms with van der Waals surface area (Å²) in [6, 6.07) is 0. The average molecular weight is 261 g/mol. The van der Waals surface area contributed by atoms with Crippen LogP contribution in [0.4, 0.5) is 0 Å². The minimum Gasteiger partial charge on any atom is -0.396 e. The summed E-state index contributed by atoms with van der Waals surface area (Å²) in [5.74, 6) is 0.558.